The number of imide groups is 1. The molecule has 0 bridgehead atoms. The topological polar surface area (TPSA) is 97.0 Å². The van der Waals surface area contributed by atoms with Crippen molar-refractivity contribution >= 4 is 17.8 Å². The van der Waals surface area contributed by atoms with Crippen LogP contribution in [0.1, 0.15) is 12.0 Å². The van der Waals surface area contributed by atoms with Crippen LogP contribution in [0.2, 0.25) is 0 Å². The van der Waals surface area contributed by atoms with Gasteiger partial charge in [0.1, 0.15) is 11.8 Å². The van der Waals surface area contributed by atoms with Crippen molar-refractivity contribution in [3.8, 4) is 5.75 Å². The maximum Gasteiger partial charge on any atom is 0.324 e. The van der Waals surface area contributed by atoms with Crippen LogP contribution in [-0.4, -0.2) is 62.7 Å². The van der Waals surface area contributed by atoms with E-state index in [4.69, 9.17) is 9.47 Å². The Morgan fingerprint density at radius 3 is 2.60 bits per heavy atom. The van der Waals surface area contributed by atoms with Gasteiger partial charge in [-0.05, 0) is 24.1 Å². The molecule has 136 valence electrons. The van der Waals surface area contributed by atoms with Crippen LogP contribution < -0.4 is 15.4 Å². The van der Waals surface area contributed by atoms with Crippen molar-refractivity contribution in [2.75, 3.05) is 33.9 Å². The normalized spacial score (nSPS) is 16.7. The molecule has 0 radical (unpaired) electrons. The molecule has 1 aliphatic rings. The Morgan fingerprint density at radius 2 is 1.96 bits per heavy atom. The lowest BCUT2D eigenvalue weighted by molar-refractivity contribution is -0.130. The number of ether oxygens (including phenoxy) is 2. The standard InChI is InChI=1S/C17H23N3O5/c1-24-10-8-18-15(21)11-14-16(22)20(17(23)19-14)9-7-12-3-5-13(25-2)6-4-12/h3-6,14H,7-11H2,1-2H3,(H,18,21)(H,19,23). The number of urea groups is 1. The van der Waals surface area contributed by atoms with Crippen molar-refractivity contribution in [1.29, 1.82) is 0 Å². The highest BCUT2D eigenvalue weighted by atomic mass is 16.5. The minimum absolute atomic E-state index is 0.0761. The van der Waals surface area contributed by atoms with Crippen molar-refractivity contribution in [2.45, 2.75) is 18.9 Å². The number of methoxy groups -OCH3 is 2. The molecular weight excluding hydrogens is 326 g/mol. The molecule has 8 heteroatoms. The Hall–Kier alpha value is -2.61. The van der Waals surface area contributed by atoms with Gasteiger partial charge in [-0.25, -0.2) is 4.79 Å². The van der Waals surface area contributed by atoms with Crippen LogP contribution in [0.15, 0.2) is 24.3 Å². The summed E-state index contributed by atoms with van der Waals surface area (Å²) >= 11 is 0. The number of nitrogens with zero attached hydrogens (tertiary/aromatic N) is 1. The highest BCUT2D eigenvalue weighted by Gasteiger charge is 2.38. The van der Waals surface area contributed by atoms with Gasteiger partial charge in [-0.1, -0.05) is 12.1 Å². The number of hydrogen-bond acceptors (Lipinski definition) is 5. The lowest BCUT2D eigenvalue weighted by Crippen LogP contribution is -2.37. The zero-order valence-electron chi connectivity index (χ0n) is 14.4. The Labute approximate surface area is 146 Å². The van der Waals surface area contributed by atoms with E-state index >= 15 is 0 Å². The van der Waals surface area contributed by atoms with Crippen LogP contribution in [0.25, 0.3) is 0 Å². The van der Waals surface area contributed by atoms with Crippen LogP contribution in [-0.2, 0) is 20.7 Å². The van der Waals surface area contributed by atoms with E-state index < -0.39 is 12.1 Å². The largest absolute Gasteiger partial charge is 0.497 e. The molecule has 0 aromatic heterocycles. The predicted molar refractivity (Wildman–Crippen MR) is 90.2 cm³/mol. The first-order valence-electron chi connectivity index (χ1n) is 8.05. The van der Waals surface area contributed by atoms with E-state index in [0.717, 1.165) is 16.2 Å². The Kier molecular flexibility index (Phi) is 6.76. The van der Waals surface area contributed by atoms with E-state index in [0.29, 0.717) is 19.6 Å². The average molecular weight is 349 g/mol. The summed E-state index contributed by atoms with van der Waals surface area (Å²) in [7, 11) is 3.13. The summed E-state index contributed by atoms with van der Waals surface area (Å²) in [6.07, 6.45) is 0.462. The Bertz CT molecular complexity index is 617. The monoisotopic (exact) mass is 349 g/mol. The lowest BCUT2D eigenvalue weighted by atomic mass is 10.1. The second-order valence-electron chi connectivity index (χ2n) is 5.64. The first-order valence-corrected chi connectivity index (χ1v) is 8.05. The Balaban J connectivity index is 1.84. The third-order valence-corrected chi connectivity index (χ3v) is 3.91. The lowest BCUT2D eigenvalue weighted by Gasteiger charge is -2.13. The maximum absolute atomic E-state index is 12.3. The van der Waals surface area contributed by atoms with Gasteiger partial charge < -0.3 is 20.1 Å². The third-order valence-electron chi connectivity index (χ3n) is 3.91. The van der Waals surface area contributed by atoms with Gasteiger partial charge in [0.25, 0.3) is 5.91 Å². The van der Waals surface area contributed by atoms with Crippen LogP contribution in [0, 0.1) is 0 Å². The van der Waals surface area contributed by atoms with Gasteiger partial charge in [0.2, 0.25) is 5.91 Å². The first kappa shape index (κ1) is 18.7. The molecule has 2 rings (SSSR count). The summed E-state index contributed by atoms with van der Waals surface area (Å²) in [5.41, 5.74) is 0.988. The van der Waals surface area contributed by atoms with E-state index in [2.05, 4.69) is 10.6 Å². The molecule has 0 saturated carbocycles. The number of carbonyl (C=O) groups is 3. The van der Waals surface area contributed by atoms with E-state index in [-0.39, 0.29) is 24.8 Å². The number of rotatable bonds is 9. The van der Waals surface area contributed by atoms with Gasteiger partial charge in [-0.15, -0.1) is 0 Å². The van der Waals surface area contributed by atoms with Crippen LogP contribution in [0.5, 0.6) is 5.75 Å². The van der Waals surface area contributed by atoms with Crippen LogP contribution in [0.4, 0.5) is 4.79 Å². The molecule has 2 N–H and O–H groups in total. The molecule has 25 heavy (non-hydrogen) atoms. The summed E-state index contributed by atoms with van der Waals surface area (Å²) in [6.45, 7) is 1.02. The van der Waals surface area contributed by atoms with Gasteiger partial charge >= 0.3 is 6.03 Å². The molecule has 0 aliphatic carbocycles. The number of benzene rings is 1. The van der Waals surface area contributed by atoms with E-state index in [9.17, 15) is 14.4 Å². The van der Waals surface area contributed by atoms with Gasteiger partial charge in [0, 0.05) is 20.2 Å². The molecule has 1 heterocycles. The molecule has 1 aliphatic heterocycles. The van der Waals surface area contributed by atoms with Crippen molar-refractivity contribution in [1.82, 2.24) is 15.5 Å². The molecule has 0 spiro atoms. The zero-order chi connectivity index (χ0) is 18.2. The molecular formula is C17H23N3O5. The SMILES string of the molecule is COCCNC(=O)CC1NC(=O)N(CCc2ccc(OC)cc2)C1=O. The quantitative estimate of drug-likeness (QED) is 0.494. The number of amides is 4. The van der Waals surface area contributed by atoms with Crippen molar-refractivity contribution in [2.24, 2.45) is 0 Å². The minimum atomic E-state index is -0.814. The maximum atomic E-state index is 12.3. The summed E-state index contributed by atoms with van der Waals surface area (Å²) in [4.78, 5) is 37.2. The number of nitrogens with one attached hydrogen (secondary N) is 2. The highest BCUT2D eigenvalue weighted by Crippen LogP contribution is 2.14. The first-order chi connectivity index (χ1) is 12.0. The fourth-order valence-corrected chi connectivity index (χ4v) is 2.51. The summed E-state index contributed by atoms with van der Waals surface area (Å²) in [5.74, 6) is 0.0754. The van der Waals surface area contributed by atoms with Gasteiger partial charge in [-0.2, -0.15) is 0 Å². The second kappa shape index (κ2) is 9.03. The van der Waals surface area contributed by atoms with Crippen molar-refractivity contribution in [3.63, 3.8) is 0 Å². The van der Waals surface area contributed by atoms with E-state index in [1.165, 1.54) is 7.11 Å². The summed E-state index contributed by atoms with van der Waals surface area (Å²) < 4.78 is 9.93. The molecule has 1 atom stereocenters. The van der Waals surface area contributed by atoms with E-state index in [1.807, 2.05) is 24.3 Å². The van der Waals surface area contributed by atoms with Crippen molar-refractivity contribution < 1.29 is 23.9 Å². The van der Waals surface area contributed by atoms with Gasteiger partial charge in [0.05, 0.1) is 20.1 Å². The molecule has 1 saturated heterocycles. The van der Waals surface area contributed by atoms with Gasteiger partial charge in [-0.3, -0.25) is 14.5 Å². The second-order valence-corrected chi connectivity index (χ2v) is 5.64. The minimum Gasteiger partial charge on any atom is -0.497 e. The fraction of sp³-hybridized carbons (Fsp3) is 0.471. The molecule has 1 unspecified atom stereocenters. The smallest absolute Gasteiger partial charge is 0.324 e. The molecule has 1 aromatic carbocycles. The molecule has 1 aromatic rings. The predicted octanol–water partition coefficient (Wildman–Crippen LogP) is 0.311. The summed E-state index contributed by atoms with van der Waals surface area (Å²) in [6, 6.07) is 6.15. The molecule has 1 fully saturated rings. The highest BCUT2D eigenvalue weighted by molar-refractivity contribution is 6.05. The zero-order valence-corrected chi connectivity index (χ0v) is 14.4. The number of carbonyl (C=O) groups excluding carboxylic acids is 3. The summed E-state index contributed by atoms with van der Waals surface area (Å²) in [5, 5.41) is 5.19. The average Bonchev–Trinajstić information content (AvgIpc) is 2.87. The van der Waals surface area contributed by atoms with Crippen LogP contribution >= 0.6 is 0 Å². The fourth-order valence-electron chi connectivity index (χ4n) is 2.51. The van der Waals surface area contributed by atoms with Crippen molar-refractivity contribution in [3.05, 3.63) is 29.8 Å². The number of hydrogen-bond donors (Lipinski definition) is 2. The van der Waals surface area contributed by atoms with Crippen LogP contribution in [0.3, 0.4) is 0 Å². The van der Waals surface area contributed by atoms with E-state index in [1.54, 1.807) is 7.11 Å². The molecule has 8 nitrogen and oxygen atoms in total. The molecule has 4 amide bonds. The van der Waals surface area contributed by atoms with Gasteiger partial charge in [0.15, 0.2) is 0 Å². The third kappa shape index (κ3) is 5.18. The Morgan fingerprint density at radius 1 is 1.24 bits per heavy atom.